The zero-order chi connectivity index (χ0) is 15.4. The SMILES string of the molecule is COc1ccc(C(CO)Nc2cc(C)cc(F)c2)cc1C. The Bertz CT molecular complexity index is 608. The summed E-state index contributed by atoms with van der Waals surface area (Å²) in [4.78, 5) is 0. The fraction of sp³-hybridized carbons (Fsp3) is 0.294. The molecule has 21 heavy (non-hydrogen) atoms. The molecule has 0 bridgehead atoms. The number of nitrogens with one attached hydrogen (secondary N) is 1. The van der Waals surface area contributed by atoms with E-state index in [0.717, 1.165) is 22.4 Å². The number of aliphatic hydroxyl groups is 1. The smallest absolute Gasteiger partial charge is 0.125 e. The van der Waals surface area contributed by atoms with Crippen molar-refractivity contribution in [3.8, 4) is 5.75 Å². The van der Waals surface area contributed by atoms with Gasteiger partial charge in [-0.05, 0) is 54.8 Å². The lowest BCUT2D eigenvalue weighted by Crippen LogP contribution is -2.15. The van der Waals surface area contributed by atoms with E-state index in [1.807, 2.05) is 38.1 Å². The maximum atomic E-state index is 13.4. The third kappa shape index (κ3) is 3.73. The van der Waals surface area contributed by atoms with E-state index in [1.165, 1.54) is 12.1 Å². The molecule has 0 aliphatic heterocycles. The minimum atomic E-state index is -0.296. The minimum Gasteiger partial charge on any atom is -0.496 e. The summed E-state index contributed by atoms with van der Waals surface area (Å²) in [6, 6.07) is 10.2. The zero-order valence-corrected chi connectivity index (χ0v) is 12.5. The summed E-state index contributed by atoms with van der Waals surface area (Å²) in [6.45, 7) is 3.70. The van der Waals surface area contributed by atoms with Crippen molar-refractivity contribution in [1.82, 2.24) is 0 Å². The quantitative estimate of drug-likeness (QED) is 0.883. The maximum Gasteiger partial charge on any atom is 0.125 e. The van der Waals surface area contributed by atoms with Crippen LogP contribution in [0.25, 0.3) is 0 Å². The van der Waals surface area contributed by atoms with Gasteiger partial charge in [-0.25, -0.2) is 4.39 Å². The predicted octanol–water partition coefficient (Wildman–Crippen LogP) is 3.60. The first-order chi connectivity index (χ1) is 10.0. The van der Waals surface area contributed by atoms with E-state index in [0.29, 0.717) is 5.69 Å². The molecule has 3 nitrogen and oxygen atoms in total. The number of aliphatic hydroxyl groups excluding tert-OH is 1. The van der Waals surface area contributed by atoms with E-state index in [1.54, 1.807) is 7.11 Å². The van der Waals surface area contributed by atoms with Gasteiger partial charge in [0, 0.05) is 5.69 Å². The summed E-state index contributed by atoms with van der Waals surface area (Å²) < 4.78 is 18.7. The van der Waals surface area contributed by atoms with E-state index in [2.05, 4.69) is 5.32 Å². The summed E-state index contributed by atoms with van der Waals surface area (Å²) >= 11 is 0. The second-order valence-electron chi connectivity index (χ2n) is 5.13. The Morgan fingerprint density at radius 3 is 2.52 bits per heavy atom. The van der Waals surface area contributed by atoms with Crippen molar-refractivity contribution in [1.29, 1.82) is 0 Å². The van der Waals surface area contributed by atoms with Crippen LogP contribution in [0.4, 0.5) is 10.1 Å². The molecule has 0 radical (unpaired) electrons. The van der Waals surface area contributed by atoms with E-state index in [-0.39, 0.29) is 18.5 Å². The second kappa shape index (κ2) is 6.59. The molecule has 112 valence electrons. The number of rotatable bonds is 5. The lowest BCUT2D eigenvalue weighted by molar-refractivity contribution is 0.276. The highest BCUT2D eigenvalue weighted by molar-refractivity contribution is 5.49. The maximum absolute atomic E-state index is 13.4. The van der Waals surface area contributed by atoms with Crippen molar-refractivity contribution in [2.75, 3.05) is 19.0 Å². The average molecular weight is 289 g/mol. The molecule has 2 aromatic carbocycles. The van der Waals surface area contributed by atoms with Crippen molar-refractivity contribution < 1.29 is 14.2 Å². The van der Waals surface area contributed by atoms with Gasteiger partial charge in [0.25, 0.3) is 0 Å². The van der Waals surface area contributed by atoms with Crippen LogP contribution in [-0.4, -0.2) is 18.8 Å². The Labute approximate surface area is 124 Å². The highest BCUT2D eigenvalue weighted by Gasteiger charge is 2.12. The Morgan fingerprint density at radius 2 is 1.95 bits per heavy atom. The Balaban J connectivity index is 2.25. The first kappa shape index (κ1) is 15.3. The lowest BCUT2D eigenvalue weighted by Gasteiger charge is -2.19. The molecule has 0 amide bonds. The first-order valence-electron chi connectivity index (χ1n) is 6.82. The molecule has 2 rings (SSSR count). The van der Waals surface area contributed by atoms with Crippen LogP contribution in [0.15, 0.2) is 36.4 Å². The number of aryl methyl sites for hydroxylation is 2. The van der Waals surface area contributed by atoms with Gasteiger partial charge >= 0.3 is 0 Å². The van der Waals surface area contributed by atoms with Crippen molar-refractivity contribution in [3.63, 3.8) is 0 Å². The zero-order valence-electron chi connectivity index (χ0n) is 12.5. The van der Waals surface area contributed by atoms with E-state index < -0.39 is 0 Å². The molecule has 2 aromatic rings. The number of hydrogen-bond donors (Lipinski definition) is 2. The highest BCUT2D eigenvalue weighted by atomic mass is 19.1. The van der Waals surface area contributed by atoms with Gasteiger partial charge in [-0.1, -0.05) is 12.1 Å². The van der Waals surface area contributed by atoms with Crippen LogP contribution in [0.5, 0.6) is 5.75 Å². The summed E-state index contributed by atoms with van der Waals surface area (Å²) in [6.07, 6.45) is 0. The Morgan fingerprint density at radius 1 is 1.19 bits per heavy atom. The normalized spacial score (nSPS) is 12.0. The van der Waals surface area contributed by atoms with Crippen molar-refractivity contribution in [3.05, 3.63) is 58.9 Å². The molecule has 0 aliphatic rings. The molecule has 0 fully saturated rings. The topological polar surface area (TPSA) is 41.5 Å². The van der Waals surface area contributed by atoms with Crippen molar-refractivity contribution in [2.24, 2.45) is 0 Å². The number of ether oxygens (including phenoxy) is 1. The predicted molar refractivity (Wildman–Crippen MR) is 82.3 cm³/mol. The van der Waals surface area contributed by atoms with Crippen LogP contribution >= 0.6 is 0 Å². The molecular weight excluding hydrogens is 269 g/mol. The molecule has 4 heteroatoms. The fourth-order valence-electron chi connectivity index (χ4n) is 2.37. The third-order valence-electron chi connectivity index (χ3n) is 3.39. The number of anilines is 1. The van der Waals surface area contributed by atoms with Gasteiger partial charge in [-0.3, -0.25) is 0 Å². The fourth-order valence-corrected chi connectivity index (χ4v) is 2.37. The molecule has 1 atom stereocenters. The molecule has 0 aliphatic carbocycles. The molecule has 1 unspecified atom stereocenters. The largest absolute Gasteiger partial charge is 0.496 e. The van der Waals surface area contributed by atoms with E-state index in [4.69, 9.17) is 4.74 Å². The number of methoxy groups -OCH3 is 1. The number of hydrogen-bond acceptors (Lipinski definition) is 3. The van der Waals surface area contributed by atoms with Crippen molar-refractivity contribution in [2.45, 2.75) is 19.9 Å². The van der Waals surface area contributed by atoms with Gasteiger partial charge in [-0.2, -0.15) is 0 Å². The average Bonchev–Trinajstić information content (AvgIpc) is 2.43. The monoisotopic (exact) mass is 289 g/mol. The van der Waals surface area contributed by atoms with Crippen LogP contribution in [0.1, 0.15) is 22.7 Å². The number of halogens is 1. The molecule has 2 N–H and O–H groups in total. The van der Waals surface area contributed by atoms with Crippen LogP contribution in [0.3, 0.4) is 0 Å². The Hall–Kier alpha value is -2.07. The second-order valence-corrected chi connectivity index (χ2v) is 5.13. The van der Waals surface area contributed by atoms with Gasteiger partial charge < -0.3 is 15.2 Å². The van der Waals surface area contributed by atoms with Crippen LogP contribution in [0.2, 0.25) is 0 Å². The number of benzene rings is 2. The molecule has 0 aromatic heterocycles. The minimum absolute atomic E-state index is 0.0820. The third-order valence-corrected chi connectivity index (χ3v) is 3.39. The van der Waals surface area contributed by atoms with Crippen LogP contribution in [-0.2, 0) is 0 Å². The van der Waals surface area contributed by atoms with Gasteiger partial charge in [0.1, 0.15) is 11.6 Å². The molecule has 0 saturated heterocycles. The van der Waals surface area contributed by atoms with E-state index in [9.17, 15) is 9.50 Å². The van der Waals surface area contributed by atoms with Gasteiger partial charge in [0.15, 0.2) is 0 Å². The van der Waals surface area contributed by atoms with Crippen molar-refractivity contribution >= 4 is 5.69 Å². The molecule has 0 spiro atoms. The standard InChI is InChI=1S/C17H20FNO2/c1-11-6-14(18)9-15(7-11)19-16(10-20)13-4-5-17(21-3)12(2)8-13/h4-9,16,19-20H,10H2,1-3H3. The van der Waals surface area contributed by atoms with Crippen LogP contribution < -0.4 is 10.1 Å². The summed E-state index contributed by atoms with van der Waals surface area (Å²) in [7, 11) is 1.62. The molecule has 0 saturated carbocycles. The first-order valence-corrected chi connectivity index (χ1v) is 6.82. The highest BCUT2D eigenvalue weighted by Crippen LogP contribution is 2.25. The lowest BCUT2D eigenvalue weighted by atomic mass is 10.0. The van der Waals surface area contributed by atoms with E-state index >= 15 is 0 Å². The van der Waals surface area contributed by atoms with Gasteiger partial charge in [0.2, 0.25) is 0 Å². The summed E-state index contributed by atoms with van der Waals surface area (Å²) in [5, 5.41) is 12.8. The summed E-state index contributed by atoms with van der Waals surface area (Å²) in [5.74, 6) is 0.511. The molecule has 0 heterocycles. The summed E-state index contributed by atoms with van der Waals surface area (Å²) in [5.41, 5.74) is 3.41. The van der Waals surface area contributed by atoms with Gasteiger partial charge in [0.05, 0.1) is 19.8 Å². The van der Waals surface area contributed by atoms with Gasteiger partial charge in [-0.15, -0.1) is 0 Å². The molecular formula is C17H20FNO2. The Kier molecular flexibility index (Phi) is 4.81. The van der Waals surface area contributed by atoms with Crippen LogP contribution in [0, 0.1) is 19.7 Å².